The molecule has 0 aromatic carbocycles. The first-order chi connectivity index (χ1) is 5.79. The van der Waals surface area contributed by atoms with Gasteiger partial charge in [0.15, 0.2) is 0 Å². The van der Waals surface area contributed by atoms with Gasteiger partial charge in [-0.25, -0.2) is 0 Å². The molecule has 2 nitrogen and oxygen atoms in total. The summed E-state index contributed by atoms with van der Waals surface area (Å²) in [7, 11) is -1.04. The highest BCUT2D eigenvalue weighted by atomic mass is 32.2. The van der Waals surface area contributed by atoms with Crippen LogP contribution in [0, 0.1) is 5.92 Å². The van der Waals surface area contributed by atoms with E-state index in [0.717, 1.165) is 6.42 Å². The van der Waals surface area contributed by atoms with Crippen molar-refractivity contribution in [2.24, 2.45) is 5.92 Å². The zero-order valence-corrected chi connectivity index (χ0v) is 10.0. The van der Waals surface area contributed by atoms with Gasteiger partial charge < -0.3 is 0 Å². The highest BCUT2D eigenvalue weighted by Gasteiger charge is 2.23. The van der Waals surface area contributed by atoms with Gasteiger partial charge in [0.2, 0.25) is 0 Å². The van der Waals surface area contributed by atoms with Crippen molar-refractivity contribution in [2.45, 2.75) is 45.8 Å². The lowest BCUT2D eigenvalue weighted by Crippen LogP contribution is -2.29. The van der Waals surface area contributed by atoms with Crippen LogP contribution in [0.25, 0.3) is 0 Å². The van der Waals surface area contributed by atoms with Crippen LogP contribution in [-0.2, 0) is 15.6 Å². The quantitative estimate of drug-likeness (QED) is 0.703. The maximum Gasteiger partial charge on any atom is 0.148 e. The fourth-order valence-corrected chi connectivity index (χ4v) is 1.69. The fourth-order valence-electron chi connectivity index (χ4n) is 0.716. The van der Waals surface area contributed by atoms with Crippen LogP contribution in [0.15, 0.2) is 0 Å². The van der Waals surface area contributed by atoms with Gasteiger partial charge in [0.05, 0.1) is 5.75 Å². The number of rotatable bonds is 4. The highest BCUT2D eigenvalue weighted by Crippen LogP contribution is 2.13. The van der Waals surface area contributed by atoms with Gasteiger partial charge in [-0.1, -0.05) is 13.8 Å². The molecule has 3 heteroatoms. The normalized spacial score (nSPS) is 16.7. The van der Waals surface area contributed by atoms with Crippen LogP contribution in [0.4, 0.5) is 0 Å². The maximum atomic E-state index is 11.6. The van der Waals surface area contributed by atoms with Crippen molar-refractivity contribution in [3.8, 4) is 0 Å². The Kier molecular flexibility index (Phi) is 4.82. The minimum absolute atomic E-state index is 0.0475. The molecule has 2 atom stereocenters. The molecular weight excluding hydrogens is 184 g/mol. The molecule has 13 heavy (non-hydrogen) atoms. The van der Waals surface area contributed by atoms with Gasteiger partial charge in [-0.3, -0.25) is 9.00 Å². The smallest absolute Gasteiger partial charge is 0.148 e. The Balaban J connectivity index is 4.16. The molecule has 0 saturated heterocycles. The zero-order valence-electron chi connectivity index (χ0n) is 9.22. The van der Waals surface area contributed by atoms with Gasteiger partial charge in [0, 0.05) is 21.5 Å². The van der Waals surface area contributed by atoms with Crippen LogP contribution >= 0.6 is 0 Å². The largest absolute Gasteiger partial charge is 0.298 e. The van der Waals surface area contributed by atoms with Crippen LogP contribution in [0.5, 0.6) is 0 Å². The molecule has 0 rings (SSSR count). The van der Waals surface area contributed by atoms with E-state index >= 15 is 0 Å². The molecule has 0 heterocycles. The summed E-state index contributed by atoms with van der Waals surface area (Å²) in [5, 5.41) is 0. The van der Waals surface area contributed by atoms with Crippen LogP contribution in [0.1, 0.15) is 41.0 Å². The summed E-state index contributed by atoms with van der Waals surface area (Å²) in [4.78, 5) is 11.4. The van der Waals surface area contributed by atoms with Crippen LogP contribution in [0.2, 0.25) is 0 Å². The summed E-state index contributed by atoms with van der Waals surface area (Å²) in [6, 6.07) is 0. The Morgan fingerprint density at radius 1 is 1.38 bits per heavy atom. The molecule has 0 aliphatic carbocycles. The SMILES string of the molecule is CCC(C)C(=O)CS(=O)C(C)(C)C. The van der Waals surface area contributed by atoms with Crippen molar-refractivity contribution in [1.82, 2.24) is 0 Å². The van der Waals surface area contributed by atoms with E-state index < -0.39 is 10.8 Å². The first-order valence-electron chi connectivity index (χ1n) is 4.70. The Bertz CT molecular complexity index is 203. The lowest BCUT2D eigenvalue weighted by Gasteiger charge is -2.18. The molecule has 0 aromatic rings. The molecule has 0 aliphatic rings. The lowest BCUT2D eigenvalue weighted by atomic mass is 10.1. The third-order valence-corrected chi connectivity index (χ3v) is 4.03. The minimum atomic E-state index is -1.04. The highest BCUT2D eigenvalue weighted by molar-refractivity contribution is 7.87. The first kappa shape index (κ1) is 12.8. The Labute approximate surface area is 83.6 Å². The molecule has 0 radical (unpaired) electrons. The van der Waals surface area contributed by atoms with Crippen LogP contribution in [-0.4, -0.2) is 20.5 Å². The van der Waals surface area contributed by atoms with E-state index in [9.17, 15) is 9.00 Å². The van der Waals surface area contributed by atoms with Crippen LogP contribution < -0.4 is 0 Å². The molecule has 0 spiro atoms. The second kappa shape index (κ2) is 4.89. The molecule has 0 aliphatic heterocycles. The number of carbonyl (C=O) groups is 1. The van der Waals surface area contributed by atoms with Gasteiger partial charge in [-0.2, -0.15) is 0 Å². The third kappa shape index (κ3) is 4.55. The molecule has 0 bridgehead atoms. The fraction of sp³-hybridized carbons (Fsp3) is 0.900. The topological polar surface area (TPSA) is 34.1 Å². The van der Waals surface area contributed by atoms with Crippen molar-refractivity contribution in [2.75, 3.05) is 5.75 Å². The molecule has 0 aromatic heterocycles. The number of carbonyl (C=O) groups excluding carboxylic acids is 1. The summed E-state index contributed by atoms with van der Waals surface area (Å²) >= 11 is 0. The predicted molar refractivity (Wildman–Crippen MR) is 57.2 cm³/mol. The molecular formula is C10H20O2S. The van der Waals surface area contributed by atoms with E-state index in [1.54, 1.807) is 0 Å². The average molecular weight is 204 g/mol. The average Bonchev–Trinajstić information content (AvgIpc) is 2.01. The zero-order chi connectivity index (χ0) is 10.6. The van der Waals surface area contributed by atoms with Gasteiger partial charge in [0.25, 0.3) is 0 Å². The van der Waals surface area contributed by atoms with Gasteiger partial charge in [-0.05, 0) is 27.2 Å². The predicted octanol–water partition coefficient (Wildman–Crippen LogP) is 2.15. The number of hydrogen-bond donors (Lipinski definition) is 0. The van der Waals surface area contributed by atoms with E-state index in [1.165, 1.54) is 0 Å². The maximum absolute atomic E-state index is 11.6. The van der Waals surface area contributed by atoms with E-state index in [2.05, 4.69) is 0 Å². The molecule has 0 saturated carbocycles. The van der Waals surface area contributed by atoms with Gasteiger partial charge >= 0.3 is 0 Å². The van der Waals surface area contributed by atoms with E-state index in [1.807, 2.05) is 34.6 Å². The van der Waals surface area contributed by atoms with E-state index in [4.69, 9.17) is 0 Å². The Hall–Kier alpha value is -0.180. The molecule has 0 amide bonds. The standard InChI is InChI=1S/C10H20O2S/c1-6-8(2)9(11)7-13(12)10(3,4)5/h8H,6-7H2,1-5H3. The Morgan fingerprint density at radius 3 is 2.15 bits per heavy atom. The molecule has 2 unspecified atom stereocenters. The molecule has 78 valence electrons. The summed E-state index contributed by atoms with van der Waals surface area (Å²) in [6.45, 7) is 9.55. The second-order valence-corrected chi connectivity index (χ2v) is 6.58. The van der Waals surface area contributed by atoms with Crippen molar-refractivity contribution >= 4 is 16.6 Å². The van der Waals surface area contributed by atoms with Crippen LogP contribution in [0.3, 0.4) is 0 Å². The van der Waals surface area contributed by atoms with Crippen molar-refractivity contribution < 1.29 is 9.00 Å². The second-order valence-electron chi connectivity index (χ2n) is 4.38. The molecule has 0 fully saturated rings. The summed E-state index contributed by atoms with van der Waals surface area (Å²) in [5.41, 5.74) is 0. The van der Waals surface area contributed by atoms with Crippen molar-refractivity contribution in [3.63, 3.8) is 0 Å². The van der Waals surface area contributed by atoms with E-state index in [0.29, 0.717) is 0 Å². The monoisotopic (exact) mass is 204 g/mol. The minimum Gasteiger partial charge on any atom is -0.298 e. The van der Waals surface area contributed by atoms with Gasteiger partial charge in [0.1, 0.15) is 5.78 Å². The number of Topliss-reactive ketones (excluding diaryl/α,β-unsaturated/α-hetero) is 1. The number of ketones is 1. The summed E-state index contributed by atoms with van der Waals surface area (Å²) in [6.07, 6.45) is 0.834. The van der Waals surface area contributed by atoms with E-state index in [-0.39, 0.29) is 22.2 Å². The lowest BCUT2D eigenvalue weighted by molar-refractivity contribution is -0.119. The summed E-state index contributed by atoms with van der Waals surface area (Å²) < 4.78 is 11.3. The van der Waals surface area contributed by atoms with Gasteiger partial charge in [-0.15, -0.1) is 0 Å². The third-order valence-electron chi connectivity index (χ3n) is 2.12. The summed E-state index contributed by atoms with van der Waals surface area (Å²) in [5.74, 6) is 0.375. The Morgan fingerprint density at radius 2 is 1.85 bits per heavy atom. The molecule has 0 N–H and O–H groups in total. The number of hydrogen-bond acceptors (Lipinski definition) is 2. The van der Waals surface area contributed by atoms with Crippen molar-refractivity contribution in [1.29, 1.82) is 0 Å². The first-order valence-corrected chi connectivity index (χ1v) is 6.02. The van der Waals surface area contributed by atoms with Crippen molar-refractivity contribution in [3.05, 3.63) is 0 Å².